The van der Waals surface area contributed by atoms with Gasteiger partial charge in [-0.05, 0) is 44.2 Å². The summed E-state index contributed by atoms with van der Waals surface area (Å²) in [4.78, 5) is 4.41. The van der Waals surface area contributed by atoms with E-state index < -0.39 is 0 Å². The number of nitrogens with one attached hydrogen (secondary N) is 1. The summed E-state index contributed by atoms with van der Waals surface area (Å²) >= 11 is 6.08. The van der Waals surface area contributed by atoms with Gasteiger partial charge >= 0.3 is 0 Å². The van der Waals surface area contributed by atoms with E-state index in [-0.39, 0.29) is 0 Å². The molecule has 0 fully saturated rings. The van der Waals surface area contributed by atoms with E-state index in [1.807, 2.05) is 32.2 Å². The lowest BCUT2D eigenvalue weighted by molar-refractivity contribution is 0.456. The highest BCUT2D eigenvalue weighted by Gasteiger charge is 2.07. The third kappa shape index (κ3) is 3.25. The van der Waals surface area contributed by atoms with Crippen LogP contribution in [-0.4, -0.2) is 12.0 Å². The van der Waals surface area contributed by atoms with E-state index in [9.17, 15) is 0 Å². The van der Waals surface area contributed by atoms with Gasteiger partial charge in [0.1, 0.15) is 5.75 Å². The number of hydrogen-bond acceptors (Lipinski definition) is 3. The Morgan fingerprint density at radius 3 is 2.74 bits per heavy atom. The molecule has 2 aromatic rings. The molecule has 0 saturated carbocycles. The first-order valence-corrected chi connectivity index (χ1v) is 6.53. The molecule has 1 N–H and O–H groups in total. The van der Waals surface area contributed by atoms with Crippen LogP contribution in [0.25, 0.3) is 0 Å². The molecular weight excluding hydrogens is 260 g/mol. The average molecular weight is 277 g/mol. The van der Waals surface area contributed by atoms with Crippen LogP contribution in [0.2, 0.25) is 5.02 Å². The highest BCUT2D eigenvalue weighted by Crippen LogP contribution is 2.27. The van der Waals surface area contributed by atoms with Crippen molar-refractivity contribution in [1.82, 2.24) is 10.3 Å². The van der Waals surface area contributed by atoms with Crippen molar-refractivity contribution < 1.29 is 4.74 Å². The number of hydrogen-bond donors (Lipinski definition) is 1. The van der Waals surface area contributed by atoms with Crippen molar-refractivity contribution in [2.45, 2.75) is 20.4 Å². The van der Waals surface area contributed by atoms with Gasteiger partial charge in [-0.1, -0.05) is 23.7 Å². The zero-order valence-corrected chi connectivity index (χ0v) is 12.1. The van der Waals surface area contributed by atoms with E-state index >= 15 is 0 Å². The molecule has 3 nitrogen and oxygen atoms in total. The van der Waals surface area contributed by atoms with Gasteiger partial charge in [-0.15, -0.1) is 0 Å². The van der Waals surface area contributed by atoms with Crippen molar-refractivity contribution in [2.75, 3.05) is 7.05 Å². The van der Waals surface area contributed by atoms with Crippen molar-refractivity contribution >= 4 is 11.6 Å². The Kier molecular flexibility index (Phi) is 4.40. The summed E-state index contributed by atoms with van der Waals surface area (Å²) in [5.41, 5.74) is 3.10. The molecule has 0 saturated heterocycles. The van der Waals surface area contributed by atoms with E-state index in [1.54, 1.807) is 6.07 Å². The molecule has 4 heteroatoms. The van der Waals surface area contributed by atoms with Crippen LogP contribution in [0.5, 0.6) is 11.6 Å². The van der Waals surface area contributed by atoms with Crippen LogP contribution in [0.3, 0.4) is 0 Å². The minimum atomic E-state index is 0.559. The highest BCUT2D eigenvalue weighted by atomic mass is 35.5. The maximum Gasteiger partial charge on any atom is 0.219 e. The standard InChI is InChI=1S/C15H17ClN2O/c1-10-5-4-6-14(11(10)2)19-15-8-7-12(16)13(18-15)9-17-3/h4-8,17H,9H2,1-3H3. The number of ether oxygens (including phenoxy) is 1. The van der Waals surface area contributed by atoms with Crippen molar-refractivity contribution in [3.63, 3.8) is 0 Å². The predicted molar refractivity (Wildman–Crippen MR) is 78.0 cm³/mol. The first kappa shape index (κ1) is 13.8. The second-order valence-electron chi connectivity index (χ2n) is 4.41. The van der Waals surface area contributed by atoms with E-state index in [0.29, 0.717) is 17.4 Å². The number of nitrogens with zero attached hydrogens (tertiary/aromatic N) is 1. The second-order valence-corrected chi connectivity index (χ2v) is 4.82. The maximum atomic E-state index is 6.08. The minimum absolute atomic E-state index is 0.559. The number of aryl methyl sites for hydroxylation is 1. The topological polar surface area (TPSA) is 34.2 Å². The van der Waals surface area contributed by atoms with Gasteiger partial charge in [0.05, 0.1) is 10.7 Å². The van der Waals surface area contributed by atoms with E-state index in [2.05, 4.69) is 23.3 Å². The molecule has 1 heterocycles. The molecule has 0 aliphatic rings. The molecule has 100 valence electrons. The predicted octanol–water partition coefficient (Wildman–Crippen LogP) is 3.86. The summed E-state index contributed by atoms with van der Waals surface area (Å²) in [6.07, 6.45) is 0. The van der Waals surface area contributed by atoms with Crippen LogP contribution in [0, 0.1) is 13.8 Å². The van der Waals surface area contributed by atoms with Crippen LogP contribution in [0.1, 0.15) is 16.8 Å². The SMILES string of the molecule is CNCc1nc(Oc2cccc(C)c2C)ccc1Cl. The molecular formula is C15H17ClN2O. The van der Waals surface area contributed by atoms with Crippen LogP contribution in [0.4, 0.5) is 0 Å². The van der Waals surface area contributed by atoms with E-state index in [1.165, 1.54) is 5.56 Å². The van der Waals surface area contributed by atoms with E-state index in [4.69, 9.17) is 16.3 Å². The van der Waals surface area contributed by atoms with Crippen LogP contribution in [0.15, 0.2) is 30.3 Å². The molecule has 0 amide bonds. The first-order valence-electron chi connectivity index (χ1n) is 6.16. The summed E-state index contributed by atoms with van der Waals surface area (Å²) in [5, 5.41) is 3.68. The number of halogens is 1. The molecule has 0 radical (unpaired) electrons. The largest absolute Gasteiger partial charge is 0.439 e. The van der Waals surface area contributed by atoms with Crippen molar-refractivity contribution in [3.8, 4) is 11.6 Å². The maximum absolute atomic E-state index is 6.08. The Labute approximate surface area is 118 Å². The van der Waals surface area contributed by atoms with Crippen molar-refractivity contribution in [1.29, 1.82) is 0 Å². The van der Waals surface area contributed by atoms with Crippen LogP contribution >= 0.6 is 11.6 Å². The zero-order valence-electron chi connectivity index (χ0n) is 11.3. The van der Waals surface area contributed by atoms with Crippen molar-refractivity contribution in [2.24, 2.45) is 0 Å². The lowest BCUT2D eigenvalue weighted by Gasteiger charge is -2.11. The Bertz CT molecular complexity index is 584. The normalized spacial score (nSPS) is 10.5. The highest BCUT2D eigenvalue weighted by molar-refractivity contribution is 6.31. The number of aromatic nitrogens is 1. The van der Waals surface area contributed by atoms with Gasteiger partial charge in [-0.2, -0.15) is 0 Å². The van der Waals surface area contributed by atoms with Gasteiger partial charge in [0.2, 0.25) is 5.88 Å². The van der Waals surface area contributed by atoms with Gasteiger partial charge < -0.3 is 10.1 Å². The fourth-order valence-electron chi connectivity index (χ4n) is 1.76. The molecule has 0 bridgehead atoms. The monoisotopic (exact) mass is 276 g/mol. The molecule has 19 heavy (non-hydrogen) atoms. The third-order valence-corrected chi connectivity index (χ3v) is 3.35. The Hall–Kier alpha value is -1.58. The average Bonchev–Trinajstić information content (AvgIpc) is 2.39. The lowest BCUT2D eigenvalue weighted by Crippen LogP contribution is -2.08. The summed E-state index contributed by atoms with van der Waals surface area (Å²) in [5.74, 6) is 1.38. The van der Waals surface area contributed by atoms with Gasteiger partial charge in [0.15, 0.2) is 0 Å². The third-order valence-electron chi connectivity index (χ3n) is 3.01. The van der Waals surface area contributed by atoms with Gasteiger partial charge in [0.25, 0.3) is 0 Å². The molecule has 0 aliphatic carbocycles. The van der Waals surface area contributed by atoms with Crippen molar-refractivity contribution in [3.05, 3.63) is 52.2 Å². The Morgan fingerprint density at radius 2 is 2.00 bits per heavy atom. The van der Waals surface area contributed by atoms with Crippen LogP contribution < -0.4 is 10.1 Å². The van der Waals surface area contributed by atoms with Gasteiger partial charge in [-0.25, -0.2) is 4.98 Å². The molecule has 1 aromatic heterocycles. The smallest absolute Gasteiger partial charge is 0.219 e. The number of rotatable bonds is 4. The molecule has 2 rings (SSSR count). The fourth-order valence-corrected chi connectivity index (χ4v) is 1.93. The number of pyridine rings is 1. The van der Waals surface area contributed by atoms with Crippen LogP contribution in [-0.2, 0) is 6.54 Å². The Balaban J connectivity index is 2.28. The molecule has 0 unspecified atom stereocenters. The summed E-state index contributed by atoms with van der Waals surface area (Å²) < 4.78 is 5.83. The van der Waals surface area contributed by atoms with E-state index in [0.717, 1.165) is 17.0 Å². The Morgan fingerprint density at radius 1 is 1.21 bits per heavy atom. The molecule has 0 atom stereocenters. The summed E-state index contributed by atoms with van der Waals surface area (Å²) in [6, 6.07) is 9.56. The second kappa shape index (κ2) is 6.04. The van der Waals surface area contributed by atoms with Gasteiger partial charge in [-0.3, -0.25) is 0 Å². The summed E-state index contributed by atoms with van der Waals surface area (Å²) in [6.45, 7) is 4.71. The lowest BCUT2D eigenvalue weighted by atomic mass is 10.1. The first-order chi connectivity index (χ1) is 9.11. The quantitative estimate of drug-likeness (QED) is 0.921. The fraction of sp³-hybridized carbons (Fsp3) is 0.267. The molecule has 1 aromatic carbocycles. The molecule has 0 spiro atoms. The van der Waals surface area contributed by atoms with Gasteiger partial charge in [0, 0.05) is 12.6 Å². The number of benzene rings is 1. The molecule has 0 aliphatic heterocycles. The zero-order chi connectivity index (χ0) is 13.8. The minimum Gasteiger partial charge on any atom is -0.439 e. The summed E-state index contributed by atoms with van der Waals surface area (Å²) in [7, 11) is 1.86.